The fourth-order valence-corrected chi connectivity index (χ4v) is 2.40. The van der Waals surface area contributed by atoms with Crippen LogP contribution in [0, 0.1) is 5.41 Å². The van der Waals surface area contributed by atoms with Crippen molar-refractivity contribution < 1.29 is 4.74 Å². The molecule has 0 radical (unpaired) electrons. The molecule has 1 rings (SSSR count). The van der Waals surface area contributed by atoms with E-state index >= 15 is 0 Å². The van der Waals surface area contributed by atoms with Gasteiger partial charge in [0.15, 0.2) is 0 Å². The SMILES string of the molecule is CCC(C)(C)CNC1CC(C)(C)OC1(C)C. The van der Waals surface area contributed by atoms with E-state index in [2.05, 4.69) is 53.8 Å². The molecule has 0 aromatic heterocycles. The zero-order valence-electron chi connectivity index (χ0n) is 12.1. The molecule has 1 aliphatic heterocycles. The molecule has 1 atom stereocenters. The van der Waals surface area contributed by atoms with Gasteiger partial charge in [0.25, 0.3) is 0 Å². The van der Waals surface area contributed by atoms with Gasteiger partial charge in [0.2, 0.25) is 0 Å². The number of hydrogen-bond donors (Lipinski definition) is 1. The average molecular weight is 227 g/mol. The summed E-state index contributed by atoms with van der Waals surface area (Å²) in [5.74, 6) is 0. The Kier molecular flexibility index (Phi) is 3.76. The third-order valence-corrected chi connectivity index (χ3v) is 3.86. The molecule has 1 unspecified atom stereocenters. The first-order valence-electron chi connectivity index (χ1n) is 6.52. The Hall–Kier alpha value is -0.0800. The van der Waals surface area contributed by atoms with Gasteiger partial charge in [0.05, 0.1) is 11.2 Å². The second kappa shape index (κ2) is 4.30. The van der Waals surface area contributed by atoms with Crippen molar-refractivity contribution in [1.82, 2.24) is 5.32 Å². The number of ether oxygens (including phenoxy) is 1. The van der Waals surface area contributed by atoms with Crippen LogP contribution in [0.25, 0.3) is 0 Å². The lowest BCUT2D eigenvalue weighted by atomic mass is 9.88. The van der Waals surface area contributed by atoms with E-state index in [9.17, 15) is 0 Å². The van der Waals surface area contributed by atoms with E-state index in [0.717, 1.165) is 13.0 Å². The highest BCUT2D eigenvalue weighted by Gasteiger charge is 2.45. The van der Waals surface area contributed by atoms with Crippen molar-refractivity contribution in [3.05, 3.63) is 0 Å². The zero-order chi connectivity index (χ0) is 12.6. The third kappa shape index (κ3) is 3.46. The van der Waals surface area contributed by atoms with Gasteiger partial charge >= 0.3 is 0 Å². The van der Waals surface area contributed by atoms with E-state index in [-0.39, 0.29) is 11.2 Å². The highest BCUT2D eigenvalue weighted by atomic mass is 16.5. The van der Waals surface area contributed by atoms with Gasteiger partial charge in [0.1, 0.15) is 0 Å². The molecule has 1 aliphatic rings. The molecule has 0 amide bonds. The van der Waals surface area contributed by atoms with Gasteiger partial charge < -0.3 is 10.1 Å². The summed E-state index contributed by atoms with van der Waals surface area (Å²) in [4.78, 5) is 0. The fraction of sp³-hybridized carbons (Fsp3) is 1.00. The van der Waals surface area contributed by atoms with Gasteiger partial charge in [-0.3, -0.25) is 0 Å². The first kappa shape index (κ1) is 14.0. The van der Waals surface area contributed by atoms with Crippen LogP contribution in [0.5, 0.6) is 0 Å². The Labute approximate surface area is 101 Å². The molecule has 0 bridgehead atoms. The Morgan fingerprint density at radius 2 is 1.81 bits per heavy atom. The van der Waals surface area contributed by atoms with Crippen LogP contribution in [-0.4, -0.2) is 23.8 Å². The molecule has 96 valence electrons. The molecule has 1 heterocycles. The maximum atomic E-state index is 6.09. The number of nitrogens with one attached hydrogen (secondary N) is 1. The summed E-state index contributed by atoms with van der Waals surface area (Å²) in [6.45, 7) is 16.7. The minimum Gasteiger partial charge on any atom is -0.368 e. The van der Waals surface area contributed by atoms with Gasteiger partial charge in [-0.05, 0) is 46.0 Å². The van der Waals surface area contributed by atoms with Crippen LogP contribution < -0.4 is 5.32 Å². The van der Waals surface area contributed by atoms with Crippen LogP contribution in [0.3, 0.4) is 0 Å². The fourth-order valence-electron chi connectivity index (χ4n) is 2.40. The van der Waals surface area contributed by atoms with Gasteiger partial charge in [-0.1, -0.05) is 20.8 Å². The van der Waals surface area contributed by atoms with Crippen LogP contribution in [-0.2, 0) is 4.74 Å². The van der Waals surface area contributed by atoms with Crippen LogP contribution in [0.1, 0.15) is 61.3 Å². The van der Waals surface area contributed by atoms with Crippen molar-refractivity contribution in [3.63, 3.8) is 0 Å². The molecule has 0 spiro atoms. The molecule has 0 aromatic carbocycles. The minimum atomic E-state index is -0.0483. The maximum absolute atomic E-state index is 6.09. The van der Waals surface area contributed by atoms with E-state index in [1.165, 1.54) is 6.42 Å². The second-order valence-electron chi connectivity index (χ2n) is 7.12. The van der Waals surface area contributed by atoms with Crippen molar-refractivity contribution in [1.29, 1.82) is 0 Å². The Morgan fingerprint density at radius 1 is 1.25 bits per heavy atom. The standard InChI is InChI=1S/C14H29NO/c1-8-12(2,3)10-15-11-9-13(4,5)16-14(11,6)7/h11,15H,8-10H2,1-7H3. The predicted octanol–water partition coefficient (Wildman–Crippen LogP) is 3.36. The third-order valence-electron chi connectivity index (χ3n) is 3.86. The molecule has 1 N–H and O–H groups in total. The Bertz CT molecular complexity index is 243. The summed E-state index contributed by atoms with van der Waals surface area (Å²) in [6, 6.07) is 0.466. The van der Waals surface area contributed by atoms with Crippen LogP contribution in [0.2, 0.25) is 0 Å². The van der Waals surface area contributed by atoms with Gasteiger partial charge in [-0.2, -0.15) is 0 Å². The van der Waals surface area contributed by atoms with E-state index in [1.807, 2.05) is 0 Å². The van der Waals surface area contributed by atoms with E-state index < -0.39 is 0 Å². The summed E-state index contributed by atoms with van der Waals surface area (Å²) in [7, 11) is 0. The minimum absolute atomic E-state index is 0.0114. The summed E-state index contributed by atoms with van der Waals surface area (Å²) in [5.41, 5.74) is 0.341. The van der Waals surface area contributed by atoms with Crippen LogP contribution in [0.4, 0.5) is 0 Å². The van der Waals surface area contributed by atoms with Crippen molar-refractivity contribution in [3.8, 4) is 0 Å². The monoisotopic (exact) mass is 227 g/mol. The normalized spacial score (nSPS) is 28.3. The molecule has 2 heteroatoms. The van der Waals surface area contributed by atoms with Crippen molar-refractivity contribution in [2.75, 3.05) is 6.54 Å². The highest BCUT2D eigenvalue weighted by molar-refractivity contribution is 4.99. The van der Waals surface area contributed by atoms with Gasteiger partial charge in [0, 0.05) is 12.6 Å². The first-order chi connectivity index (χ1) is 7.08. The van der Waals surface area contributed by atoms with Crippen LogP contribution >= 0.6 is 0 Å². The lowest BCUT2D eigenvalue weighted by Gasteiger charge is -2.31. The molecule has 1 saturated heterocycles. The number of rotatable bonds is 4. The topological polar surface area (TPSA) is 21.3 Å². The largest absolute Gasteiger partial charge is 0.368 e. The smallest absolute Gasteiger partial charge is 0.0787 e. The van der Waals surface area contributed by atoms with Gasteiger partial charge in [-0.15, -0.1) is 0 Å². The Balaban J connectivity index is 2.55. The van der Waals surface area contributed by atoms with Crippen molar-refractivity contribution in [2.45, 2.75) is 78.6 Å². The molecule has 2 nitrogen and oxygen atoms in total. The highest BCUT2D eigenvalue weighted by Crippen LogP contribution is 2.37. The van der Waals surface area contributed by atoms with Crippen molar-refractivity contribution >= 4 is 0 Å². The Morgan fingerprint density at radius 3 is 2.19 bits per heavy atom. The lowest BCUT2D eigenvalue weighted by Crippen LogP contribution is -2.46. The maximum Gasteiger partial charge on any atom is 0.0787 e. The molecule has 1 fully saturated rings. The zero-order valence-corrected chi connectivity index (χ0v) is 12.1. The molecule has 16 heavy (non-hydrogen) atoms. The van der Waals surface area contributed by atoms with E-state index in [1.54, 1.807) is 0 Å². The molecule has 0 aliphatic carbocycles. The molecule has 0 saturated carbocycles. The van der Waals surface area contributed by atoms with Crippen molar-refractivity contribution in [2.24, 2.45) is 5.41 Å². The van der Waals surface area contributed by atoms with Crippen LogP contribution in [0.15, 0.2) is 0 Å². The molecular weight excluding hydrogens is 198 g/mol. The second-order valence-corrected chi connectivity index (χ2v) is 7.12. The van der Waals surface area contributed by atoms with E-state index in [4.69, 9.17) is 4.74 Å². The predicted molar refractivity (Wildman–Crippen MR) is 69.7 cm³/mol. The quantitative estimate of drug-likeness (QED) is 0.795. The summed E-state index contributed by atoms with van der Waals surface area (Å²) in [6.07, 6.45) is 2.30. The first-order valence-corrected chi connectivity index (χ1v) is 6.52. The summed E-state index contributed by atoms with van der Waals surface area (Å²) < 4.78 is 6.09. The van der Waals surface area contributed by atoms with E-state index in [0.29, 0.717) is 11.5 Å². The average Bonchev–Trinajstić information content (AvgIpc) is 2.31. The summed E-state index contributed by atoms with van der Waals surface area (Å²) >= 11 is 0. The number of hydrogen-bond acceptors (Lipinski definition) is 2. The van der Waals surface area contributed by atoms with Gasteiger partial charge in [-0.25, -0.2) is 0 Å². The molecule has 0 aromatic rings. The lowest BCUT2D eigenvalue weighted by molar-refractivity contribution is -0.0701. The molecular formula is C14H29NO. The summed E-state index contributed by atoms with van der Waals surface area (Å²) in [5, 5.41) is 3.69.